The molecule has 0 saturated heterocycles. The molecule has 0 aromatic rings. The van der Waals surface area contributed by atoms with Crippen molar-refractivity contribution in [3.05, 3.63) is 12.2 Å². The Morgan fingerprint density at radius 2 is 1.52 bits per heavy atom. The molecule has 0 aliphatic rings. The van der Waals surface area contributed by atoms with Gasteiger partial charge in [-0.2, -0.15) is 0 Å². The van der Waals surface area contributed by atoms with E-state index in [0.717, 1.165) is 32.1 Å². The van der Waals surface area contributed by atoms with Crippen LogP contribution in [0.4, 0.5) is 0 Å². The Morgan fingerprint density at radius 1 is 0.905 bits per heavy atom. The number of ether oxygens (including phenoxy) is 1. The predicted octanol–water partition coefficient (Wildman–Crippen LogP) is 5.42. The van der Waals surface area contributed by atoms with Crippen LogP contribution < -0.4 is 0 Å². The summed E-state index contributed by atoms with van der Waals surface area (Å²) in [6.45, 7) is 2.09. The van der Waals surface area contributed by atoms with Gasteiger partial charge in [0.15, 0.2) is 0 Å². The minimum absolute atomic E-state index is 0.0811. The molecule has 0 bridgehead atoms. The van der Waals surface area contributed by atoms with Gasteiger partial charge in [0.25, 0.3) is 0 Å². The van der Waals surface area contributed by atoms with E-state index < -0.39 is 0 Å². The Bertz CT molecular complexity index is 320. The van der Waals surface area contributed by atoms with Crippen LogP contribution in [0, 0.1) is 11.8 Å². The summed E-state index contributed by atoms with van der Waals surface area (Å²) in [6, 6.07) is 0. The fraction of sp³-hybridized carbons (Fsp3) is 0.737. The molecule has 120 valence electrons. The second-order valence-corrected chi connectivity index (χ2v) is 5.31. The van der Waals surface area contributed by atoms with E-state index in [4.69, 9.17) is 0 Å². The maximum atomic E-state index is 10.9. The lowest BCUT2D eigenvalue weighted by molar-refractivity contribution is -0.140. The molecule has 0 spiro atoms. The lowest BCUT2D eigenvalue weighted by Gasteiger charge is -2.01. The average Bonchev–Trinajstić information content (AvgIpc) is 2.50. The van der Waals surface area contributed by atoms with E-state index in [1.54, 1.807) is 0 Å². The zero-order valence-corrected chi connectivity index (χ0v) is 14.0. The van der Waals surface area contributed by atoms with Crippen molar-refractivity contribution < 1.29 is 9.53 Å². The van der Waals surface area contributed by atoms with Crippen LogP contribution in [0.3, 0.4) is 0 Å². The first-order valence-corrected chi connectivity index (χ1v) is 8.48. The summed E-state index contributed by atoms with van der Waals surface area (Å²) >= 11 is 0. The molecule has 0 aliphatic heterocycles. The van der Waals surface area contributed by atoms with Crippen LogP contribution in [0.25, 0.3) is 0 Å². The first-order valence-electron chi connectivity index (χ1n) is 8.48. The number of unbranched alkanes of at least 4 members (excludes halogenated alkanes) is 8. The van der Waals surface area contributed by atoms with Crippen LogP contribution in [0.15, 0.2) is 12.2 Å². The van der Waals surface area contributed by atoms with E-state index in [0.29, 0.717) is 6.42 Å². The van der Waals surface area contributed by atoms with Gasteiger partial charge in [0.2, 0.25) is 0 Å². The van der Waals surface area contributed by atoms with Crippen molar-refractivity contribution in [2.75, 3.05) is 7.11 Å². The molecule has 0 fully saturated rings. The van der Waals surface area contributed by atoms with Crippen LogP contribution >= 0.6 is 0 Å². The van der Waals surface area contributed by atoms with Gasteiger partial charge in [0, 0.05) is 19.3 Å². The van der Waals surface area contributed by atoms with Crippen molar-refractivity contribution in [2.24, 2.45) is 0 Å². The summed E-state index contributed by atoms with van der Waals surface area (Å²) < 4.78 is 4.62. The molecule has 0 heterocycles. The summed E-state index contributed by atoms with van der Waals surface area (Å²) in [4.78, 5) is 10.9. The molecule has 2 heteroatoms. The van der Waals surface area contributed by atoms with Gasteiger partial charge in [-0.15, -0.1) is 11.8 Å². The molecule has 0 unspecified atom stereocenters. The standard InChI is InChI=1S/C19H32O2/c1-3-4-5-6-7-8-9-10-11-12-13-14-15-16-17-18-19(20)21-2/h8-9H,3,6-7,10-18H2,1-2H3/b9-8-. The Labute approximate surface area is 131 Å². The maximum Gasteiger partial charge on any atom is 0.305 e. The zero-order valence-electron chi connectivity index (χ0n) is 14.0. The summed E-state index contributed by atoms with van der Waals surface area (Å²) in [7, 11) is 1.45. The van der Waals surface area contributed by atoms with E-state index in [2.05, 4.69) is 35.7 Å². The molecule has 0 atom stereocenters. The summed E-state index contributed by atoms with van der Waals surface area (Å²) in [6.07, 6.45) is 17.9. The molecular formula is C19H32O2. The fourth-order valence-corrected chi connectivity index (χ4v) is 2.12. The maximum absolute atomic E-state index is 10.9. The minimum atomic E-state index is -0.0811. The lowest BCUT2D eigenvalue weighted by Crippen LogP contribution is -1.99. The number of carbonyl (C=O) groups excluding carboxylic acids is 1. The van der Waals surface area contributed by atoms with Gasteiger partial charge in [0.05, 0.1) is 7.11 Å². The van der Waals surface area contributed by atoms with Crippen LogP contribution in [-0.2, 0) is 9.53 Å². The predicted molar refractivity (Wildman–Crippen MR) is 90.0 cm³/mol. The molecular weight excluding hydrogens is 260 g/mol. The topological polar surface area (TPSA) is 26.3 Å². The third kappa shape index (κ3) is 16.7. The Balaban J connectivity index is 3.15. The Morgan fingerprint density at radius 3 is 2.19 bits per heavy atom. The Hall–Kier alpha value is -1.23. The third-order valence-electron chi connectivity index (χ3n) is 3.38. The fourth-order valence-electron chi connectivity index (χ4n) is 2.12. The summed E-state index contributed by atoms with van der Waals surface area (Å²) in [5, 5.41) is 0. The molecule has 0 radical (unpaired) electrons. The van der Waals surface area contributed by atoms with Crippen molar-refractivity contribution in [1.29, 1.82) is 0 Å². The molecule has 21 heavy (non-hydrogen) atoms. The molecule has 2 nitrogen and oxygen atoms in total. The number of hydrogen-bond acceptors (Lipinski definition) is 2. The lowest BCUT2D eigenvalue weighted by atomic mass is 10.1. The van der Waals surface area contributed by atoms with Gasteiger partial charge in [-0.3, -0.25) is 4.79 Å². The van der Waals surface area contributed by atoms with Crippen LogP contribution in [0.1, 0.15) is 84.0 Å². The van der Waals surface area contributed by atoms with Crippen LogP contribution in [0.5, 0.6) is 0 Å². The second-order valence-electron chi connectivity index (χ2n) is 5.31. The van der Waals surface area contributed by atoms with Crippen molar-refractivity contribution in [2.45, 2.75) is 84.0 Å². The van der Waals surface area contributed by atoms with Gasteiger partial charge in [-0.25, -0.2) is 0 Å². The highest BCUT2D eigenvalue weighted by molar-refractivity contribution is 5.68. The highest BCUT2D eigenvalue weighted by Crippen LogP contribution is 2.10. The normalized spacial score (nSPS) is 10.4. The molecule has 0 saturated carbocycles. The number of carbonyl (C=O) groups is 1. The van der Waals surface area contributed by atoms with Crippen LogP contribution in [-0.4, -0.2) is 13.1 Å². The molecule has 0 aromatic carbocycles. The highest BCUT2D eigenvalue weighted by Gasteiger charge is 1.98. The van der Waals surface area contributed by atoms with Crippen molar-refractivity contribution >= 4 is 5.97 Å². The van der Waals surface area contributed by atoms with Gasteiger partial charge in [-0.05, 0) is 25.7 Å². The molecule has 0 aromatic heterocycles. The van der Waals surface area contributed by atoms with Gasteiger partial charge >= 0.3 is 5.97 Å². The third-order valence-corrected chi connectivity index (χ3v) is 3.38. The summed E-state index contributed by atoms with van der Waals surface area (Å²) in [5.74, 6) is 6.16. The van der Waals surface area contributed by atoms with E-state index in [-0.39, 0.29) is 5.97 Å². The van der Waals surface area contributed by atoms with E-state index in [1.807, 2.05) is 0 Å². The van der Waals surface area contributed by atoms with Crippen molar-refractivity contribution in [3.63, 3.8) is 0 Å². The number of hydrogen-bond donors (Lipinski definition) is 0. The van der Waals surface area contributed by atoms with Gasteiger partial charge in [-0.1, -0.05) is 51.2 Å². The van der Waals surface area contributed by atoms with E-state index in [9.17, 15) is 4.79 Å². The van der Waals surface area contributed by atoms with Crippen LogP contribution in [0.2, 0.25) is 0 Å². The quantitative estimate of drug-likeness (QED) is 0.208. The first kappa shape index (κ1) is 19.8. The zero-order chi connectivity index (χ0) is 15.6. The SMILES string of the molecule is CCC#CCC/C=C\CCCCCCCCCC(=O)OC. The highest BCUT2D eigenvalue weighted by atomic mass is 16.5. The smallest absolute Gasteiger partial charge is 0.305 e. The second kappa shape index (κ2) is 16.8. The number of rotatable bonds is 12. The van der Waals surface area contributed by atoms with Gasteiger partial charge in [0.1, 0.15) is 0 Å². The van der Waals surface area contributed by atoms with E-state index in [1.165, 1.54) is 45.6 Å². The first-order chi connectivity index (χ1) is 10.3. The van der Waals surface area contributed by atoms with Crippen molar-refractivity contribution in [3.8, 4) is 11.8 Å². The molecule has 0 rings (SSSR count). The van der Waals surface area contributed by atoms with Gasteiger partial charge < -0.3 is 4.74 Å². The summed E-state index contributed by atoms with van der Waals surface area (Å²) in [5.41, 5.74) is 0. The number of methoxy groups -OCH3 is 1. The number of allylic oxidation sites excluding steroid dienone is 2. The molecule has 0 amide bonds. The van der Waals surface area contributed by atoms with Crippen molar-refractivity contribution in [1.82, 2.24) is 0 Å². The minimum Gasteiger partial charge on any atom is -0.469 e. The van der Waals surface area contributed by atoms with E-state index >= 15 is 0 Å². The number of esters is 1. The largest absolute Gasteiger partial charge is 0.469 e. The Kier molecular flexibility index (Phi) is 15.8. The monoisotopic (exact) mass is 292 g/mol. The average molecular weight is 292 g/mol. The molecule has 0 N–H and O–H groups in total. The molecule has 0 aliphatic carbocycles.